The second-order valence-corrected chi connectivity index (χ2v) is 6.58. The summed E-state index contributed by atoms with van der Waals surface area (Å²) >= 11 is 0. The van der Waals surface area contributed by atoms with Gasteiger partial charge in [-0.05, 0) is 42.0 Å². The molecule has 0 unspecified atom stereocenters. The van der Waals surface area contributed by atoms with E-state index in [9.17, 15) is 4.79 Å². The van der Waals surface area contributed by atoms with Crippen LogP contribution in [0.25, 0.3) is 0 Å². The lowest BCUT2D eigenvalue weighted by Crippen LogP contribution is -2.31. The molecule has 1 amide bonds. The lowest BCUT2D eigenvalue weighted by molar-refractivity contribution is 0.0980. The molecule has 4 aromatic rings. The fourth-order valence-electron chi connectivity index (χ4n) is 3.02. The molecule has 5 heteroatoms. The van der Waals surface area contributed by atoms with E-state index in [1.54, 1.807) is 23.4 Å². The molecule has 0 atom stereocenters. The first-order valence-electron chi connectivity index (χ1n) is 9.43. The molecular weight excluding hydrogens is 362 g/mol. The molecule has 2 heterocycles. The van der Waals surface area contributed by atoms with Crippen molar-refractivity contribution in [2.24, 2.45) is 0 Å². The first kappa shape index (κ1) is 18.5. The number of carbonyl (C=O) groups excluding carboxylic acids is 1. The maximum Gasteiger partial charge on any atom is 0.277 e. The van der Waals surface area contributed by atoms with Crippen LogP contribution in [0.2, 0.25) is 0 Å². The van der Waals surface area contributed by atoms with Crippen molar-refractivity contribution in [1.82, 2.24) is 4.98 Å². The number of para-hydroxylation sites is 1. The van der Waals surface area contributed by atoms with Crippen molar-refractivity contribution in [1.29, 1.82) is 0 Å². The molecule has 0 saturated carbocycles. The molecule has 2 aromatic heterocycles. The number of amides is 1. The van der Waals surface area contributed by atoms with Gasteiger partial charge in [0.15, 0.2) is 0 Å². The number of pyridine rings is 1. The van der Waals surface area contributed by atoms with Gasteiger partial charge in [-0.25, -0.2) is 4.98 Å². The molecule has 144 valence electrons. The minimum Gasteiger partial charge on any atom is -0.467 e. The minimum absolute atomic E-state index is 0.141. The molecule has 1 N–H and O–H groups in total. The van der Waals surface area contributed by atoms with Crippen molar-refractivity contribution in [2.75, 3.05) is 10.2 Å². The van der Waals surface area contributed by atoms with Crippen molar-refractivity contribution < 1.29 is 9.21 Å². The van der Waals surface area contributed by atoms with Gasteiger partial charge in [0.05, 0.1) is 31.2 Å². The molecule has 0 aliphatic carbocycles. The number of hydrogen-bond acceptors (Lipinski definition) is 4. The van der Waals surface area contributed by atoms with Gasteiger partial charge in [0.25, 0.3) is 5.91 Å². The first-order chi connectivity index (χ1) is 14.3. The Morgan fingerprint density at radius 3 is 2.31 bits per heavy atom. The molecule has 0 fully saturated rings. The summed E-state index contributed by atoms with van der Waals surface area (Å²) in [6.07, 6.45) is 3.31. The van der Waals surface area contributed by atoms with Gasteiger partial charge in [-0.2, -0.15) is 0 Å². The number of aromatic nitrogens is 1. The molecule has 0 aliphatic rings. The summed E-state index contributed by atoms with van der Waals surface area (Å²) in [5.41, 5.74) is 3.12. The van der Waals surface area contributed by atoms with Crippen LogP contribution in [0.5, 0.6) is 0 Å². The van der Waals surface area contributed by atoms with Gasteiger partial charge in [-0.15, -0.1) is 0 Å². The van der Waals surface area contributed by atoms with Crippen molar-refractivity contribution in [2.45, 2.75) is 13.1 Å². The maximum atomic E-state index is 13.2. The number of anilines is 2. The summed E-state index contributed by atoms with van der Waals surface area (Å²) in [5, 5.41) is 3.23. The molecule has 0 radical (unpaired) electrons. The predicted molar refractivity (Wildman–Crippen MR) is 114 cm³/mol. The highest BCUT2D eigenvalue weighted by Gasteiger charge is 2.19. The molecule has 2 aromatic carbocycles. The molecule has 0 saturated heterocycles. The average Bonchev–Trinajstić information content (AvgIpc) is 3.31. The van der Waals surface area contributed by atoms with Crippen LogP contribution in [0.3, 0.4) is 0 Å². The fourth-order valence-corrected chi connectivity index (χ4v) is 3.02. The third-order valence-corrected chi connectivity index (χ3v) is 4.53. The van der Waals surface area contributed by atoms with Gasteiger partial charge in [-0.1, -0.05) is 48.5 Å². The van der Waals surface area contributed by atoms with Crippen LogP contribution in [0.4, 0.5) is 11.4 Å². The van der Waals surface area contributed by atoms with Crippen LogP contribution in [0.1, 0.15) is 21.8 Å². The van der Waals surface area contributed by atoms with Gasteiger partial charge in [-0.3, -0.25) is 4.79 Å². The van der Waals surface area contributed by atoms with Crippen molar-refractivity contribution in [3.05, 3.63) is 114 Å². The van der Waals surface area contributed by atoms with E-state index in [1.807, 2.05) is 78.9 Å². The molecule has 0 bridgehead atoms. The second kappa shape index (κ2) is 8.89. The number of nitrogens with zero attached hydrogens (tertiary/aromatic N) is 2. The Kier molecular flexibility index (Phi) is 5.67. The Morgan fingerprint density at radius 2 is 1.66 bits per heavy atom. The van der Waals surface area contributed by atoms with Crippen LogP contribution >= 0.6 is 0 Å². The van der Waals surface area contributed by atoms with Crippen LogP contribution in [0.15, 0.2) is 102 Å². The number of benzene rings is 2. The van der Waals surface area contributed by atoms with E-state index in [1.165, 1.54) is 0 Å². The van der Waals surface area contributed by atoms with Crippen molar-refractivity contribution in [3.8, 4) is 0 Å². The SMILES string of the molecule is O=C(c1ccc(NCc2ccco2)cn1)N(Cc1ccccc1)c1ccccc1. The largest absolute Gasteiger partial charge is 0.467 e. The number of carbonyl (C=O) groups is 1. The number of nitrogens with one attached hydrogen (secondary N) is 1. The first-order valence-corrected chi connectivity index (χ1v) is 9.43. The zero-order valence-corrected chi connectivity index (χ0v) is 15.9. The van der Waals surface area contributed by atoms with E-state index in [4.69, 9.17) is 4.42 Å². The molecule has 4 rings (SSSR count). The van der Waals surface area contributed by atoms with E-state index in [0.717, 1.165) is 22.7 Å². The summed E-state index contributed by atoms with van der Waals surface area (Å²) in [7, 11) is 0. The molecule has 0 spiro atoms. The van der Waals surface area contributed by atoms with Crippen molar-refractivity contribution >= 4 is 17.3 Å². The topological polar surface area (TPSA) is 58.4 Å². The quantitative estimate of drug-likeness (QED) is 0.480. The summed E-state index contributed by atoms with van der Waals surface area (Å²) in [4.78, 5) is 19.4. The monoisotopic (exact) mass is 383 g/mol. The van der Waals surface area contributed by atoms with E-state index < -0.39 is 0 Å². The lowest BCUT2D eigenvalue weighted by Gasteiger charge is -2.23. The van der Waals surface area contributed by atoms with Crippen LogP contribution in [0, 0.1) is 0 Å². The Balaban J connectivity index is 1.52. The zero-order valence-electron chi connectivity index (χ0n) is 15.9. The van der Waals surface area contributed by atoms with E-state index in [-0.39, 0.29) is 5.91 Å². The molecule has 29 heavy (non-hydrogen) atoms. The van der Waals surface area contributed by atoms with Gasteiger partial charge in [0.2, 0.25) is 0 Å². The highest BCUT2D eigenvalue weighted by molar-refractivity contribution is 6.04. The molecule has 5 nitrogen and oxygen atoms in total. The van der Waals surface area contributed by atoms with Gasteiger partial charge < -0.3 is 14.6 Å². The standard InChI is InChI=1S/C24H21N3O2/c28-24(23-14-13-20(16-26-23)25-17-22-12-7-15-29-22)27(21-10-5-2-6-11-21)18-19-8-3-1-4-9-19/h1-16,25H,17-18H2. The average molecular weight is 383 g/mol. The summed E-state index contributed by atoms with van der Waals surface area (Å²) in [6.45, 7) is 1.04. The number of rotatable bonds is 7. The summed E-state index contributed by atoms with van der Waals surface area (Å²) in [5.74, 6) is 0.695. The van der Waals surface area contributed by atoms with Gasteiger partial charge in [0, 0.05) is 5.69 Å². The molecular formula is C24H21N3O2. The van der Waals surface area contributed by atoms with E-state index in [0.29, 0.717) is 18.8 Å². The van der Waals surface area contributed by atoms with Crippen LogP contribution < -0.4 is 10.2 Å². The third-order valence-electron chi connectivity index (χ3n) is 4.53. The third kappa shape index (κ3) is 4.71. The summed E-state index contributed by atoms with van der Waals surface area (Å²) < 4.78 is 5.31. The smallest absolute Gasteiger partial charge is 0.277 e. The highest BCUT2D eigenvalue weighted by atomic mass is 16.3. The minimum atomic E-state index is -0.141. The van der Waals surface area contributed by atoms with E-state index >= 15 is 0 Å². The Hall–Kier alpha value is -3.86. The van der Waals surface area contributed by atoms with Gasteiger partial charge in [0.1, 0.15) is 11.5 Å². The zero-order chi connectivity index (χ0) is 19.9. The van der Waals surface area contributed by atoms with Crippen molar-refractivity contribution in [3.63, 3.8) is 0 Å². The Labute approximate surface area is 169 Å². The maximum absolute atomic E-state index is 13.2. The second-order valence-electron chi connectivity index (χ2n) is 6.58. The Bertz CT molecular complexity index is 1030. The highest BCUT2D eigenvalue weighted by Crippen LogP contribution is 2.20. The van der Waals surface area contributed by atoms with Crippen LogP contribution in [-0.2, 0) is 13.1 Å². The molecule has 0 aliphatic heterocycles. The van der Waals surface area contributed by atoms with E-state index in [2.05, 4.69) is 10.3 Å². The predicted octanol–water partition coefficient (Wildman–Crippen LogP) is 5.13. The van der Waals surface area contributed by atoms with Crippen LogP contribution in [-0.4, -0.2) is 10.9 Å². The Morgan fingerprint density at radius 1 is 0.897 bits per heavy atom. The normalized spacial score (nSPS) is 10.5. The summed E-state index contributed by atoms with van der Waals surface area (Å²) in [6, 6.07) is 26.9. The fraction of sp³-hybridized carbons (Fsp3) is 0.0833. The lowest BCUT2D eigenvalue weighted by atomic mass is 10.1. The van der Waals surface area contributed by atoms with Gasteiger partial charge >= 0.3 is 0 Å². The number of hydrogen-bond donors (Lipinski definition) is 1. The number of furan rings is 1.